The van der Waals surface area contributed by atoms with Crippen LogP contribution >= 0.6 is 0 Å². The molecular formula is C25H27F3N6O. The van der Waals surface area contributed by atoms with Crippen LogP contribution in [0.3, 0.4) is 0 Å². The fraction of sp³-hybridized carbons (Fsp3) is 0.440. The third kappa shape index (κ3) is 4.74. The molecule has 1 saturated carbocycles. The van der Waals surface area contributed by atoms with Crippen molar-refractivity contribution in [2.45, 2.75) is 57.7 Å². The smallest absolute Gasteiger partial charge is 0.366 e. The van der Waals surface area contributed by atoms with Crippen molar-refractivity contribution < 1.29 is 18.0 Å². The van der Waals surface area contributed by atoms with Gasteiger partial charge < -0.3 is 10.6 Å². The number of rotatable bonds is 5. The van der Waals surface area contributed by atoms with E-state index in [9.17, 15) is 18.0 Å². The van der Waals surface area contributed by atoms with Crippen LogP contribution in [0.1, 0.15) is 66.9 Å². The minimum Gasteiger partial charge on any atom is -0.366 e. The number of carbonyl (C=O) groups is 1. The molecule has 4 heterocycles. The molecule has 3 aromatic heterocycles. The molecule has 5 rings (SSSR count). The number of ketones is 1. The summed E-state index contributed by atoms with van der Waals surface area (Å²) in [5.74, 6) is 0.547. The van der Waals surface area contributed by atoms with Gasteiger partial charge in [-0.05, 0) is 43.0 Å². The van der Waals surface area contributed by atoms with Gasteiger partial charge in [0.05, 0.1) is 17.3 Å². The molecule has 0 unspecified atom stereocenters. The topological polar surface area (TPSA) is 84.2 Å². The molecule has 0 spiro atoms. The third-order valence-electron chi connectivity index (χ3n) is 6.82. The lowest BCUT2D eigenvalue weighted by atomic mass is 9.91. The largest absolute Gasteiger partial charge is 0.408 e. The highest BCUT2D eigenvalue weighted by atomic mass is 19.4. The van der Waals surface area contributed by atoms with Crippen molar-refractivity contribution in [2.75, 3.05) is 17.2 Å². The van der Waals surface area contributed by atoms with E-state index in [4.69, 9.17) is 0 Å². The van der Waals surface area contributed by atoms with E-state index in [0.717, 1.165) is 49.3 Å². The van der Waals surface area contributed by atoms with Crippen molar-refractivity contribution in [3.05, 3.63) is 53.5 Å². The zero-order valence-electron chi connectivity index (χ0n) is 19.4. The van der Waals surface area contributed by atoms with Crippen LogP contribution < -0.4 is 10.6 Å². The lowest BCUT2D eigenvalue weighted by Crippen LogP contribution is -2.33. The molecule has 1 atom stereocenters. The van der Waals surface area contributed by atoms with Crippen LogP contribution in [0, 0.1) is 5.92 Å². The van der Waals surface area contributed by atoms with Gasteiger partial charge in [0.25, 0.3) is 0 Å². The lowest BCUT2D eigenvalue weighted by molar-refractivity contribution is -0.138. The van der Waals surface area contributed by atoms with Crippen molar-refractivity contribution in [3.8, 4) is 0 Å². The van der Waals surface area contributed by atoms with Crippen molar-refractivity contribution >= 4 is 28.6 Å². The number of nitrogens with one attached hydrogen (secondary N) is 2. The highest BCUT2D eigenvalue weighted by Gasteiger charge is 2.36. The summed E-state index contributed by atoms with van der Waals surface area (Å²) in [6.45, 7) is 1.49. The molecule has 0 aromatic carbocycles. The lowest BCUT2D eigenvalue weighted by Gasteiger charge is -2.21. The van der Waals surface area contributed by atoms with Gasteiger partial charge in [0.2, 0.25) is 5.95 Å². The number of fused-ring (bicyclic) bond motifs is 2. The molecule has 1 fully saturated rings. The van der Waals surface area contributed by atoms with Crippen LogP contribution in [0.5, 0.6) is 0 Å². The molecule has 2 N–H and O–H groups in total. The van der Waals surface area contributed by atoms with Crippen LogP contribution in [0.15, 0.2) is 36.8 Å². The minimum absolute atomic E-state index is 0.0337. The summed E-state index contributed by atoms with van der Waals surface area (Å²) in [6.07, 6.45) is 8.92. The Morgan fingerprint density at radius 2 is 1.97 bits per heavy atom. The molecule has 2 aliphatic rings. The summed E-state index contributed by atoms with van der Waals surface area (Å²) in [5, 5.41) is 9.80. The summed E-state index contributed by atoms with van der Waals surface area (Å²) < 4.78 is 40.4. The minimum atomic E-state index is -4.40. The van der Waals surface area contributed by atoms with E-state index < -0.39 is 12.2 Å². The van der Waals surface area contributed by atoms with E-state index in [1.165, 1.54) is 19.0 Å². The SMILES string of the molecule is C[C@@H](Nc1ncc2c(n1)NCC=C2c1ccn2ncc(C(=O)C3CCCCCC3)c2c1)C(F)(F)F. The summed E-state index contributed by atoms with van der Waals surface area (Å²) in [6, 6.07) is 2.07. The van der Waals surface area contributed by atoms with Gasteiger partial charge in [0, 0.05) is 30.4 Å². The molecule has 10 heteroatoms. The average molecular weight is 485 g/mol. The first kappa shape index (κ1) is 23.3. The fourth-order valence-electron chi connectivity index (χ4n) is 4.79. The maximum absolute atomic E-state index is 13.3. The average Bonchev–Trinajstić information content (AvgIpc) is 3.06. The summed E-state index contributed by atoms with van der Waals surface area (Å²) >= 11 is 0. The Morgan fingerprint density at radius 3 is 2.71 bits per heavy atom. The number of hydrogen-bond acceptors (Lipinski definition) is 6. The highest BCUT2D eigenvalue weighted by molar-refractivity contribution is 6.04. The number of hydrogen-bond donors (Lipinski definition) is 2. The van der Waals surface area contributed by atoms with E-state index in [1.54, 1.807) is 10.7 Å². The quantitative estimate of drug-likeness (QED) is 0.368. The first-order valence-electron chi connectivity index (χ1n) is 12.0. The highest BCUT2D eigenvalue weighted by Crippen LogP contribution is 2.34. The van der Waals surface area contributed by atoms with Crippen molar-refractivity contribution in [1.82, 2.24) is 19.6 Å². The van der Waals surface area contributed by atoms with Gasteiger partial charge in [-0.15, -0.1) is 0 Å². The standard InChI is InChI=1S/C25H27F3N6O/c1-15(25(26,27)28)32-24-30-13-19-18(8-10-29-23(19)33-24)17-9-11-34-21(12-17)20(14-31-34)22(35)16-6-4-2-3-5-7-16/h8-9,11-16H,2-7,10H2,1H3,(H2,29,30,32,33)/t15-/m1/s1. The maximum Gasteiger partial charge on any atom is 0.408 e. The predicted octanol–water partition coefficient (Wildman–Crippen LogP) is 5.50. The predicted molar refractivity (Wildman–Crippen MR) is 127 cm³/mol. The van der Waals surface area contributed by atoms with E-state index in [2.05, 4.69) is 25.7 Å². The van der Waals surface area contributed by atoms with Crippen LogP contribution in [0.25, 0.3) is 11.1 Å². The third-order valence-corrected chi connectivity index (χ3v) is 6.82. The second kappa shape index (κ2) is 9.31. The van der Waals surface area contributed by atoms with Crippen LogP contribution in [-0.2, 0) is 0 Å². The Labute approximate surface area is 200 Å². The van der Waals surface area contributed by atoms with Gasteiger partial charge in [-0.2, -0.15) is 23.3 Å². The van der Waals surface area contributed by atoms with Crippen molar-refractivity contribution in [2.24, 2.45) is 5.92 Å². The van der Waals surface area contributed by atoms with Gasteiger partial charge in [0.15, 0.2) is 5.78 Å². The number of alkyl halides is 3. The zero-order chi connectivity index (χ0) is 24.6. The van der Waals surface area contributed by atoms with E-state index >= 15 is 0 Å². The Kier molecular flexibility index (Phi) is 6.21. The van der Waals surface area contributed by atoms with Gasteiger partial charge in [-0.3, -0.25) is 4.79 Å². The van der Waals surface area contributed by atoms with E-state index in [-0.39, 0.29) is 17.6 Å². The number of pyridine rings is 1. The Morgan fingerprint density at radius 1 is 1.20 bits per heavy atom. The second-order valence-electron chi connectivity index (χ2n) is 9.22. The van der Waals surface area contributed by atoms with Crippen molar-refractivity contribution in [1.29, 1.82) is 0 Å². The maximum atomic E-state index is 13.3. The second-order valence-corrected chi connectivity index (χ2v) is 9.22. The summed E-state index contributed by atoms with van der Waals surface area (Å²) in [5.41, 5.74) is 3.78. The van der Waals surface area contributed by atoms with E-state index in [1.807, 2.05) is 24.4 Å². The molecule has 0 saturated heterocycles. The Hall–Kier alpha value is -3.43. The number of carbonyl (C=O) groups excluding carboxylic acids is 1. The molecule has 35 heavy (non-hydrogen) atoms. The molecule has 3 aromatic rings. The first-order chi connectivity index (χ1) is 16.8. The van der Waals surface area contributed by atoms with Gasteiger partial charge >= 0.3 is 6.18 Å². The fourth-order valence-corrected chi connectivity index (χ4v) is 4.79. The molecule has 1 aliphatic carbocycles. The molecule has 0 bridgehead atoms. The van der Waals surface area contributed by atoms with Gasteiger partial charge in [-0.25, -0.2) is 9.50 Å². The first-order valence-corrected chi connectivity index (χ1v) is 12.0. The monoisotopic (exact) mass is 484 g/mol. The molecule has 1 aliphatic heterocycles. The molecule has 7 nitrogen and oxygen atoms in total. The summed E-state index contributed by atoms with van der Waals surface area (Å²) in [4.78, 5) is 21.7. The van der Waals surface area contributed by atoms with Crippen molar-refractivity contribution in [3.63, 3.8) is 0 Å². The number of Topliss-reactive ketones (excluding diaryl/α,β-unsaturated/α-hetero) is 1. The molecule has 0 amide bonds. The number of anilines is 2. The van der Waals surface area contributed by atoms with Gasteiger partial charge in [0.1, 0.15) is 11.9 Å². The number of halogens is 3. The number of nitrogens with zero attached hydrogens (tertiary/aromatic N) is 4. The van der Waals surface area contributed by atoms with Crippen LogP contribution in [0.2, 0.25) is 0 Å². The van der Waals surface area contributed by atoms with Crippen LogP contribution in [0.4, 0.5) is 24.9 Å². The Bertz CT molecular complexity index is 1270. The zero-order valence-corrected chi connectivity index (χ0v) is 19.4. The molecule has 184 valence electrons. The number of aromatic nitrogens is 4. The van der Waals surface area contributed by atoms with Crippen LogP contribution in [-0.4, -0.2) is 44.1 Å². The van der Waals surface area contributed by atoms with E-state index in [0.29, 0.717) is 23.5 Å². The van der Waals surface area contributed by atoms with Gasteiger partial charge in [-0.1, -0.05) is 31.8 Å². The normalized spacial score (nSPS) is 17.8. The Balaban J connectivity index is 1.44. The molecular weight excluding hydrogens is 457 g/mol. The molecule has 0 radical (unpaired) electrons. The summed E-state index contributed by atoms with van der Waals surface area (Å²) in [7, 11) is 0.